The molecule has 0 saturated heterocycles. The molecule has 6 heteroatoms. The van der Waals surface area contributed by atoms with Gasteiger partial charge in [-0.2, -0.15) is 0 Å². The maximum Gasteiger partial charge on any atom is 0.323 e. The molecule has 1 aromatic carbocycles. The number of carbonyl (C=O) groups is 1. The number of nitrogens with two attached hydrogens (primary N) is 1. The number of rotatable bonds is 4. The Balaban J connectivity index is 2.15. The van der Waals surface area contributed by atoms with E-state index in [0.717, 1.165) is 15.9 Å². The topological polar surface area (TPSA) is 78.1 Å². The van der Waals surface area contributed by atoms with Gasteiger partial charge >= 0.3 is 5.97 Å². The first-order valence-corrected chi connectivity index (χ1v) is 6.37. The second-order valence-corrected chi connectivity index (χ2v) is 4.65. The molecule has 2 aromatic rings. The van der Waals surface area contributed by atoms with Crippen LogP contribution in [0.15, 0.2) is 35.6 Å². The Labute approximate surface area is 109 Å². The maximum absolute atomic E-state index is 11.2. The summed E-state index contributed by atoms with van der Waals surface area (Å²) in [5, 5.41) is 1.78. The monoisotopic (exact) mass is 263 g/mol. The van der Waals surface area contributed by atoms with Gasteiger partial charge in [-0.15, -0.1) is 11.8 Å². The summed E-state index contributed by atoms with van der Waals surface area (Å²) in [6.07, 6.45) is 1.51. The Kier molecular flexibility index (Phi) is 4.11. The molecule has 18 heavy (non-hydrogen) atoms. The first kappa shape index (κ1) is 12.8. The summed E-state index contributed by atoms with van der Waals surface area (Å²) in [7, 11) is 1.33. The molecule has 0 aliphatic heterocycles. The third-order valence-electron chi connectivity index (χ3n) is 2.41. The van der Waals surface area contributed by atoms with Crippen molar-refractivity contribution in [2.24, 2.45) is 5.73 Å². The van der Waals surface area contributed by atoms with Crippen molar-refractivity contribution in [3.05, 3.63) is 30.6 Å². The normalized spacial score (nSPS) is 12.3. The number of hydrogen-bond acceptors (Lipinski definition) is 6. The number of hydrogen-bond donors (Lipinski definition) is 1. The van der Waals surface area contributed by atoms with E-state index in [4.69, 9.17) is 5.73 Å². The largest absolute Gasteiger partial charge is 0.468 e. The predicted octanol–water partition coefficient (Wildman–Crippen LogP) is 1.22. The van der Waals surface area contributed by atoms with Crippen molar-refractivity contribution in [2.45, 2.75) is 11.1 Å². The van der Waals surface area contributed by atoms with E-state index in [0.29, 0.717) is 5.75 Å². The first-order chi connectivity index (χ1) is 8.72. The predicted molar refractivity (Wildman–Crippen MR) is 70.3 cm³/mol. The van der Waals surface area contributed by atoms with Crippen molar-refractivity contribution in [1.29, 1.82) is 0 Å². The van der Waals surface area contributed by atoms with Crippen LogP contribution >= 0.6 is 11.8 Å². The van der Waals surface area contributed by atoms with Gasteiger partial charge in [0.25, 0.3) is 0 Å². The standard InChI is InChI=1S/C12H13N3O2S/c1-17-12(16)9(13)6-18-11-8-4-2-3-5-10(8)14-7-15-11/h2-5,7,9H,6,13H2,1H3. The molecule has 1 heterocycles. The Morgan fingerprint density at radius 3 is 3.00 bits per heavy atom. The van der Waals surface area contributed by atoms with Gasteiger partial charge in [-0.3, -0.25) is 4.79 Å². The summed E-state index contributed by atoms with van der Waals surface area (Å²) < 4.78 is 4.58. The van der Waals surface area contributed by atoms with Crippen molar-refractivity contribution in [1.82, 2.24) is 9.97 Å². The number of ether oxygens (including phenoxy) is 1. The fourth-order valence-electron chi connectivity index (χ4n) is 1.48. The van der Waals surface area contributed by atoms with E-state index in [1.54, 1.807) is 0 Å². The van der Waals surface area contributed by atoms with Crippen LogP contribution in [0.5, 0.6) is 0 Å². The lowest BCUT2D eigenvalue weighted by atomic mass is 10.2. The number of para-hydroxylation sites is 1. The molecule has 0 fully saturated rings. The molecule has 0 aliphatic carbocycles. The third kappa shape index (κ3) is 2.77. The summed E-state index contributed by atoms with van der Waals surface area (Å²) in [4.78, 5) is 19.6. The number of aromatic nitrogens is 2. The lowest BCUT2D eigenvalue weighted by molar-refractivity contribution is -0.141. The highest BCUT2D eigenvalue weighted by molar-refractivity contribution is 7.99. The lowest BCUT2D eigenvalue weighted by Gasteiger charge is -2.09. The molecule has 2 rings (SSSR count). The minimum Gasteiger partial charge on any atom is -0.468 e. The molecule has 5 nitrogen and oxygen atoms in total. The number of thioether (sulfide) groups is 1. The molecule has 0 bridgehead atoms. The zero-order valence-electron chi connectivity index (χ0n) is 9.87. The van der Waals surface area contributed by atoms with Crippen molar-refractivity contribution in [2.75, 3.05) is 12.9 Å². The van der Waals surface area contributed by atoms with Crippen LogP contribution in [-0.2, 0) is 9.53 Å². The molecule has 0 saturated carbocycles. The molecule has 0 radical (unpaired) electrons. The number of methoxy groups -OCH3 is 1. The van der Waals surface area contributed by atoms with Gasteiger partial charge in [0.1, 0.15) is 17.4 Å². The molecule has 1 unspecified atom stereocenters. The zero-order valence-corrected chi connectivity index (χ0v) is 10.7. The number of esters is 1. The van der Waals surface area contributed by atoms with E-state index in [9.17, 15) is 4.79 Å². The highest BCUT2D eigenvalue weighted by atomic mass is 32.2. The maximum atomic E-state index is 11.2. The summed E-state index contributed by atoms with van der Waals surface area (Å²) in [6, 6.07) is 7.07. The van der Waals surface area contributed by atoms with Gasteiger partial charge in [0.05, 0.1) is 12.6 Å². The van der Waals surface area contributed by atoms with Gasteiger partial charge in [-0.1, -0.05) is 18.2 Å². The van der Waals surface area contributed by atoms with E-state index in [1.807, 2.05) is 24.3 Å². The van der Waals surface area contributed by atoms with Gasteiger partial charge in [0.15, 0.2) is 0 Å². The van der Waals surface area contributed by atoms with Gasteiger partial charge in [-0.05, 0) is 6.07 Å². The fraction of sp³-hybridized carbons (Fsp3) is 0.250. The van der Waals surface area contributed by atoms with Crippen LogP contribution in [-0.4, -0.2) is 34.8 Å². The van der Waals surface area contributed by atoms with E-state index in [-0.39, 0.29) is 0 Å². The van der Waals surface area contributed by atoms with Gasteiger partial charge in [0, 0.05) is 11.1 Å². The highest BCUT2D eigenvalue weighted by Gasteiger charge is 2.15. The molecular weight excluding hydrogens is 250 g/mol. The second-order valence-electron chi connectivity index (χ2n) is 3.64. The van der Waals surface area contributed by atoms with Crippen molar-refractivity contribution in [3.8, 4) is 0 Å². The molecular formula is C12H13N3O2S. The number of benzene rings is 1. The van der Waals surface area contributed by atoms with Crippen molar-refractivity contribution < 1.29 is 9.53 Å². The molecule has 0 amide bonds. The van der Waals surface area contributed by atoms with Crippen molar-refractivity contribution >= 4 is 28.6 Å². The molecule has 0 spiro atoms. The van der Waals surface area contributed by atoms with Gasteiger partial charge in [0.2, 0.25) is 0 Å². The Morgan fingerprint density at radius 2 is 2.22 bits per heavy atom. The molecule has 2 N–H and O–H groups in total. The zero-order chi connectivity index (χ0) is 13.0. The number of fused-ring (bicyclic) bond motifs is 1. The molecule has 94 valence electrons. The number of carbonyl (C=O) groups excluding carboxylic acids is 1. The van der Waals surface area contributed by atoms with Crippen LogP contribution in [0.3, 0.4) is 0 Å². The summed E-state index contributed by atoms with van der Waals surface area (Å²) in [5.41, 5.74) is 6.56. The minimum atomic E-state index is -0.645. The first-order valence-electron chi connectivity index (χ1n) is 5.38. The Hall–Kier alpha value is -1.66. The molecule has 0 aliphatic rings. The smallest absolute Gasteiger partial charge is 0.323 e. The third-order valence-corrected chi connectivity index (χ3v) is 3.53. The quantitative estimate of drug-likeness (QED) is 0.507. The average molecular weight is 263 g/mol. The van der Waals surface area contributed by atoms with Gasteiger partial charge in [-0.25, -0.2) is 9.97 Å². The van der Waals surface area contributed by atoms with E-state index in [1.165, 1.54) is 25.2 Å². The van der Waals surface area contributed by atoms with E-state index >= 15 is 0 Å². The van der Waals surface area contributed by atoms with Crippen LogP contribution < -0.4 is 5.73 Å². The van der Waals surface area contributed by atoms with Crippen molar-refractivity contribution in [3.63, 3.8) is 0 Å². The van der Waals surface area contributed by atoms with E-state index < -0.39 is 12.0 Å². The van der Waals surface area contributed by atoms with Gasteiger partial charge < -0.3 is 10.5 Å². The second kappa shape index (κ2) is 5.79. The van der Waals surface area contributed by atoms with Crippen LogP contribution in [0, 0.1) is 0 Å². The Bertz CT molecular complexity index is 557. The Morgan fingerprint density at radius 1 is 1.44 bits per heavy atom. The minimum absolute atomic E-state index is 0.416. The summed E-state index contributed by atoms with van der Waals surface area (Å²) >= 11 is 1.42. The summed E-state index contributed by atoms with van der Waals surface area (Å²) in [6.45, 7) is 0. The summed E-state index contributed by atoms with van der Waals surface area (Å²) in [5.74, 6) is 0.00842. The average Bonchev–Trinajstić information content (AvgIpc) is 2.43. The lowest BCUT2D eigenvalue weighted by Crippen LogP contribution is -2.33. The molecule has 1 atom stereocenters. The number of nitrogens with zero attached hydrogens (tertiary/aromatic N) is 2. The van der Waals surface area contributed by atoms with Crippen LogP contribution in [0.4, 0.5) is 0 Å². The van der Waals surface area contributed by atoms with Crippen LogP contribution in [0.1, 0.15) is 0 Å². The fourth-order valence-corrected chi connectivity index (χ4v) is 2.41. The van der Waals surface area contributed by atoms with E-state index in [2.05, 4.69) is 14.7 Å². The SMILES string of the molecule is COC(=O)C(N)CSc1ncnc2ccccc12. The van der Waals surface area contributed by atoms with Crippen LogP contribution in [0.2, 0.25) is 0 Å². The molecule has 1 aromatic heterocycles. The highest BCUT2D eigenvalue weighted by Crippen LogP contribution is 2.24. The van der Waals surface area contributed by atoms with Crippen LogP contribution in [0.25, 0.3) is 10.9 Å².